The molecule has 0 saturated carbocycles. The zero-order valence-corrected chi connectivity index (χ0v) is 23.0. The summed E-state index contributed by atoms with van der Waals surface area (Å²) in [5, 5.41) is 15.1. The van der Waals surface area contributed by atoms with E-state index in [1.807, 2.05) is 67.4 Å². The van der Waals surface area contributed by atoms with Gasteiger partial charge in [0.2, 0.25) is 11.8 Å². The second-order valence-corrected chi connectivity index (χ2v) is 10.3. The molecule has 0 bridgehead atoms. The standard InChI is InChI=1S/C33H35N5O2/c1-24(28-14-12-26-8-3-5-10-30(26)20-28)35-32(39)22-37(18-19-38-17-7-16-34-38)23-33(40)36-25(2)29-15-13-27-9-4-6-11-31(27)21-29/h3-17,20-21,24-25H,18-19,22-23H2,1-2H3,(H,35,39)(H,36,40)/t24-,25+. The monoisotopic (exact) mass is 533 g/mol. The molecule has 1 heterocycles. The van der Waals surface area contributed by atoms with E-state index in [0.717, 1.165) is 21.9 Å². The van der Waals surface area contributed by atoms with E-state index in [1.54, 1.807) is 10.9 Å². The van der Waals surface area contributed by atoms with Crippen LogP contribution in [0.1, 0.15) is 37.1 Å². The van der Waals surface area contributed by atoms with E-state index in [1.165, 1.54) is 10.8 Å². The Hall–Kier alpha value is -4.49. The quantitative estimate of drug-likeness (QED) is 0.243. The molecule has 0 fully saturated rings. The van der Waals surface area contributed by atoms with Crippen LogP contribution in [0.4, 0.5) is 0 Å². The Morgan fingerprint density at radius 1 is 0.725 bits per heavy atom. The van der Waals surface area contributed by atoms with Gasteiger partial charge in [-0.25, -0.2) is 0 Å². The Morgan fingerprint density at radius 3 is 1.70 bits per heavy atom. The summed E-state index contributed by atoms with van der Waals surface area (Å²) in [6.07, 6.45) is 3.60. The Balaban J connectivity index is 1.21. The normalized spacial score (nSPS) is 12.9. The predicted octanol–water partition coefficient (Wildman–Crippen LogP) is 5.25. The molecule has 4 aromatic carbocycles. The number of nitrogens with zero attached hydrogens (tertiary/aromatic N) is 3. The van der Waals surface area contributed by atoms with Crippen molar-refractivity contribution in [2.24, 2.45) is 0 Å². The highest BCUT2D eigenvalue weighted by molar-refractivity contribution is 5.85. The third-order valence-electron chi connectivity index (χ3n) is 7.24. The number of fused-ring (bicyclic) bond motifs is 2. The van der Waals surface area contributed by atoms with Crippen molar-refractivity contribution in [3.8, 4) is 0 Å². The van der Waals surface area contributed by atoms with Gasteiger partial charge in [0, 0.05) is 18.9 Å². The lowest BCUT2D eigenvalue weighted by Crippen LogP contribution is -2.44. The fourth-order valence-corrected chi connectivity index (χ4v) is 4.99. The Bertz CT molecular complexity index is 1500. The molecule has 5 aromatic rings. The van der Waals surface area contributed by atoms with Gasteiger partial charge >= 0.3 is 0 Å². The minimum Gasteiger partial charge on any atom is -0.348 e. The van der Waals surface area contributed by atoms with Gasteiger partial charge in [-0.3, -0.25) is 19.2 Å². The van der Waals surface area contributed by atoms with Gasteiger partial charge in [0.1, 0.15) is 0 Å². The summed E-state index contributed by atoms with van der Waals surface area (Å²) in [4.78, 5) is 28.1. The van der Waals surface area contributed by atoms with E-state index in [2.05, 4.69) is 64.3 Å². The van der Waals surface area contributed by atoms with Gasteiger partial charge in [0.15, 0.2) is 0 Å². The number of carbonyl (C=O) groups excluding carboxylic acids is 2. The van der Waals surface area contributed by atoms with Gasteiger partial charge in [-0.15, -0.1) is 0 Å². The van der Waals surface area contributed by atoms with Gasteiger partial charge < -0.3 is 10.6 Å². The van der Waals surface area contributed by atoms with E-state index in [9.17, 15) is 9.59 Å². The SMILES string of the molecule is C[C@H](NC(=O)CN(CCn1cccn1)CC(=O)N[C@H](C)c1ccc2ccccc2c1)c1ccc2ccccc2c1. The van der Waals surface area contributed by atoms with Gasteiger partial charge in [0.05, 0.1) is 31.7 Å². The molecule has 2 atom stereocenters. The maximum Gasteiger partial charge on any atom is 0.234 e. The summed E-state index contributed by atoms with van der Waals surface area (Å²) in [5.74, 6) is -0.256. The van der Waals surface area contributed by atoms with Crippen molar-refractivity contribution in [1.82, 2.24) is 25.3 Å². The molecular formula is C33H35N5O2. The molecule has 0 aliphatic rings. The first-order valence-corrected chi connectivity index (χ1v) is 13.7. The van der Waals surface area contributed by atoms with Crippen molar-refractivity contribution in [2.45, 2.75) is 32.5 Å². The van der Waals surface area contributed by atoms with E-state index >= 15 is 0 Å². The predicted molar refractivity (Wildman–Crippen MR) is 160 cm³/mol. The first kappa shape index (κ1) is 27.1. The summed E-state index contributed by atoms with van der Waals surface area (Å²) in [7, 11) is 0. The first-order chi connectivity index (χ1) is 19.4. The topological polar surface area (TPSA) is 79.3 Å². The molecule has 0 spiro atoms. The van der Waals surface area contributed by atoms with Crippen LogP contribution in [-0.2, 0) is 16.1 Å². The number of hydrogen-bond donors (Lipinski definition) is 2. The first-order valence-electron chi connectivity index (χ1n) is 13.7. The fourth-order valence-electron chi connectivity index (χ4n) is 4.99. The molecule has 2 amide bonds. The van der Waals surface area contributed by atoms with E-state index in [-0.39, 0.29) is 37.0 Å². The van der Waals surface area contributed by atoms with Crippen LogP contribution in [0.5, 0.6) is 0 Å². The molecule has 0 aliphatic heterocycles. The number of nitrogens with one attached hydrogen (secondary N) is 2. The highest BCUT2D eigenvalue weighted by atomic mass is 16.2. The number of hydrogen-bond acceptors (Lipinski definition) is 4. The van der Waals surface area contributed by atoms with Gasteiger partial charge in [-0.1, -0.05) is 72.8 Å². The van der Waals surface area contributed by atoms with Crippen molar-refractivity contribution in [3.05, 3.63) is 115 Å². The van der Waals surface area contributed by atoms with Crippen LogP contribution < -0.4 is 10.6 Å². The zero-order valence-electron chi connectivity index (χ0n) is 23.0. The van der Waals surface area contributed by atoms with Crippen molar-refractivity contribution in [2.75, 3.05) is 19.6 Å². The Kier molecular flexibility index (Phi) is 8.52. The van der Waals surface area contributed by atoms with Crippen LogP contribution in [0.25, 0.3) is 21.5 Å². The number of aromatic nitrogens is 2. The van der Waals surface area contributed by atoms with Crippen LogP contribution in [0.3, 0.4) is 0 Å². The number of carbonyl (C=O) groups is 2. The van der Waals surface area contributed by atoms with Crippen LogP contribution in [0, 0.1) is 0 Å². The van der Waals surface area contributed by atoms with E-state index < -0.39 is 0 Å². The second-order valence-electron chi connectivity index (χ2n) is 10.3. The lowest BCUT2D eigenvalue weighted by Gasteiger charge is -2.24. The molecule has 204 valence electrons. The molecule has 5 rings (SSSR count). The van der Waals surface area contributed by atoms with Crippen molar-refractivity contribution in [3.63, 3.8) is 0 Å². The number of amides is 2. The molecule has 0 saturated heterocycles. The summed E-state index contributed by atoms with van der Waals surface area (Å²) in [6, 6.07) is 30.4. The van der Waals surface area contributed by atoms with Crippen LogP contribution in [-0.4, -0.2) is 46.1 Å². The van der Waals surface area contributed by atoms with Gasteiger partial charge in [0.25, 0.3) is 0 Å². The lowest BCUT2D eigenvalue weighted by molar-refractivity contribution is -0.125. The molecule has 40 heavy (non-hydrogen) atoms. The third-order valence-corrected chi connectivity index (χ3v) is 7.24. The Morgan fingerprint density at radius 2 is 1.23 bits per heavy atom. The maximum atomic E-state index is 13.1. The molecule has 2 N–H and O–H groups in total. The summed E-state index contributed by atoms with van der Waals surface area (Å²) in [6.45, 7) is 5.27. The molecule has 1 aromatic heterocycles. The summed E-state index contributed by atoms with van der Waals surface area (Å²) < 4.78 is 1.80. The average Bonchev–Trinajstić information content (AvgIpc) is 3.49. The van der Waals surface area contributed by atoms with Crippen LogP contribution in [0.15, 0.2) is 103 Å². The minimum atomic E-state index is -0.160. The van der Waals surface area contributed by atoms with Gasteiger partial charge in [-0.2, -0.15) is 5.10 Å². The lowest BCUT2D eigenvalue weighted by atomic mass is 10.0. The molecule has 0 radical (unpaired) electrons. The van der Waals surface area contributed by atoms with Crippen molar-refractivity contribution < 1.29 is 9.59 Å². The summed E-state index contributed by atoms with van der Waals surface area (Å²) in [5.41, 5.74) is 2.08. The zero-order chi connectivity index (χ0) is 27.9. The minimum absolute atomic E-state index is 0.108. The van der Waals surface area contributed by atoms with E-state index in [0.29, 0.717) is 13.1 Å². The molecular weight excluding hydrogens is 498 g/mol. The average molecular weight is 534 g/mol. The highest BCUT2D eigenvalue weighted by Crippen LogP contribution is 2.21. The Labute approximate surface area is 234 Å². The summed E-state index contributed by atoms with van der Waals surface area (Å²) >= 11 is 0. The highest BCUT2D eigenvalue weighted by Gasteiger charge is 2.19. The smallest absolute Gasteiger partial charge is 0.234 e. The third kappa shape index (κ3) is 6.93. The number of rotatable bonds is 11. The fraction of sp³-hybridized carbons (Fsp3) is 0.242. The molecule has 7 nitrogen and oxygen atoms in total. The van der Waals surface area contributed by atoms with E-state index in [4.69, 9.17) is 0 Å². The van der Waals surface area contributed by atoms with Crippen molar-refractivity contribution >= 4 is 33.4 Å². The van der Waals surface area contributed by atoms with Gasteiger partial charge in [-0.05, 0) is 64.7 Å². The maximum absolute atomic E-state index is 13.1. The van der Waals surface area contributed by atoms with Crippen LogP contribution in [0.2, 0.25) is 0 Å². The largest absolute Gasteiger partial charge is 0.348 e. The number of benzene rings is 4. The van der Waals surface area contributed by atoms with Crippen LogP contribution >= 0.6 is 0 Å². The molecule has 0 aliphatic carbocycles. The molecule has 7 heteroatoms. The van der Waals surface area contributed by atoms with Crippen molar-refractivity contribution in [1.29, 1.82) is 0 Å². The second kappa shape index (κ2) is 12.6. The molecule has 0 unspecified atom stereocenters.